The van der Waals surface area contributed by atoms with E-state index in [0.29, 0.717) is 21.5 Å². The Hall–Kier alpha value is -1.29. The molecule has 1 aromatic rings. The lowest BCUT2D eigenvalue weighted by Gasteiger charge is -2.29. The molecule has 0 radical (unpaired) electrons. The third-order valence-corrected chi connectivity index (χ3v) is 3.10. The summed E-state index contributed by atoms with van der Waals surface area (Å²) < 4.78 is 13.9. The molecule has 1 aliphatic heterocycles. The van der Waals surface area contributed by atoms with Crippen molar-refractivity contribution in [3.8, 4) is 12.3 Å². The predicted molar refractivity (Wildman–Crippen MR) is 68.8 cm³/mol. The fourth-order valence-electron chi connectivity index (χ4n) is 1.60. The van der Waals surface area contributed by atoms with Gasteiger partial charge >= 0.3 is 0 Å². The minimum Gasteiger partial charge on any atom is -0.349 e. The third kappa shape index (κ3) is 1.97. The number of hydrogen-bond acceptors (Lipinski definition) is 2. The Morgan fingerprint density at radius 2 is 2.38 bits per heavy atom. The van der Waals surface area contributed by atoms with Crippen LogP contribution >= 0.6 is 22.6 Å². The Morgan fingerprint density at radius 1 is 1.62 bits per heavy atom. The van der Waals surface area contributed by atoms with Crippen molar-refractivity contribution >= 4 is 39.9 Å². The molecule has 5 heteroatoms. The van der Waals surface area contributed by atoms with Gasteiger partial charge in [0.15, 0.2) is 0 Å². The lowest BCUT2D eigenvalue weighted by molar-refractivity contribution is -0.115. The van der Waals surface area contributed by atoms with Crippen LogP contribution in [-0.4, -0.2) is 19.0 Å². The van der Waals surface area contributed by atoms with Crippen molar-refractivity contribution in [1.29, 1.82) is 0 Å². The van der Waals surface area contributed by atoms with Crippen LogP contribution in [0.4, 0.5) is 15.8 Å². The van der Waals surface area contributed by atoms with E-state index >= 15 is 0 Å². The van der Waals surface area contributed by atoms with Crippen LogP contribution in [0.1, 0.15) is 0 Å². The van der Waals surface area contributed by atoms with E-state index in [1.807, 2.05) is 22.6 Å². The SMILES string of the molecule is C#CCN1CC(=O)Nc2cc(I)c(F)cc21. The molecular weight excluding hydrogens is 322 g/mol. The number of carbonyl (C=O) groups excluding carboxylic acids is 1. The predicted octanol–water partition coefficient (Wildman–Crippen LogP) is 1.82. The average Bonchev–Trinajstić information content (AvgIpc) is 2.21. The summed E-state index contributed by atoms with van der Waals surface area (Å²) in [5, 5.41) is 2.70. The molecule has 0 spiro atoms. The van der Waals surface area contributed by atoms with Crippen LogP contribution in [0.2, 0.25) is 0 Å². The first kappa shape index (κ1) is 11.2. The molecule has 0 unspecified atom stereocenters. The molecule has 0 aromatic heterocycles. The molecule has 16 heavy (non-hydrogen) atoms. The second-order valence-corrected chi connectivity index (χ2v) is 4.55. The molecule has 1 heterocycles. The lowest BCUT2D eigenvalue weighted by atomic mass is 10.2. The van der Waals surface area contributed by atoms with Gasteiger partial charge in [0.2, 0.25) is 5.91 Å². The molecule has 0 saturated carbocycles. The average molecular weight is 330 g/mol. The van der Waals surface area contributed by atoms with Gasteiger partial charge in [-0.2, -0.15) is 0 Å². The first-order chi connectivity index (χ1) is 7.61. The number of carbonyl (C=O) groups is 1. The molecule has 1 aromatic carbocycles. The summed E-state index contributed by atoms with van der Waals surface area (Å²) in [6.45, 7) is 0.456. The standard InChI is InChI=1S/C11H8FIN2O/c1-2-3-15-6-11(16)14-9-5-8(13)7(12)4-10(9)15/h1,4-5H,3,6H2,(H,14,16). The van der Waals surface area contributed by atoms with Gasteiger partial charge < -0.3 is 10.2 Å². The third-order valence-electron chi connectivity index (χ3n) is 2.27. The zero-order chi connectivity index (χ0) is 11.7. The zero-order valence-electron chi connectivity index (χ0n) is 8.26. The maximum atomic E-state index is 13.4. The minimum absolute atomic E-state index is 0.134. The number of fused-ring (bicyclic) bond motifs is 1. The molecule has 2 rings (SSSR count). The monoisotopic (exact) mass is 330 g/mol. The van der Waals surface area contributed by atoms with Gasteiger partial charge in [-0.1, -0.05) is 5.92 Å². The Morgan fingerprint density at radius 3 is 3.06 bits per heavy atom. The number of amides is 1. The molecule has 1 aliphatic rings. The van der Waals surface area contributed by atoms with Crippen LogP contribution < -0.4 is 10.2 Å². The quantitative estimate of drug-likeness (QED) is 0.629. The largest absolute Gasteiger partial charge is 0.349 e. The van der Waals surface area contributed by atoms with E-state index < -0.39 is 0 Å². The van der Waals surface area contributed by atoms with E-state index in [2.05, 4.69) is 11.2 Å². The van der Waals surface area contributed by atoms with Crippen molar-refractivity contribution in [2.24, 2.45) is 0 Å². The number of benzene rings is 1. The number of nitrogens with zero attached hydrogens (tertiary/aromatic N) is 1. The first-order valence-electron chi connectivity index (χ1n) is 4.59. The van der Waals surface area contributed by atoms with E-state index in [-0.39, 0.29) is 18.3 Å². The molecule has 82 valence electrons. The van der Waals surface area contributed by atoms with Crippen LogP contribution in [0.15, 0.2) is 12.1 Å². The summed E-state index contributed by atoms with van der Waals surface area (Å²) in [6, 6.07) is 3.00. The highest BCUT2D eigenvalue weighted by Crippen LogP contribution is 2.32. The highest BCUT2D eigenvalue weighted by Gasteiger charge is 2.22. The van der Waals surface area contributed by atoms with Gasteiger partial charge in [-0.15, -0.1) is 6.42 Å². The smallest absolute Gasteiger partial charge is 0.243 e. The van der Waals surface area contributed by atoms with Gasteiger partial charge in [0.25, 0.3) is 0 Å². The summed E-state index contributed by atoms with van der Waals surface area (Å²) in [4.78, 5) is 13.1. The van der Waals surface area contributed by atoms with E-state index in [0.717, 1.165) is 0 Å². The van der Waals surface area contributed by atoms with Gasteiger partial charge in [0.1, 0.15) is 5.82 Å². The second kappa shape index (κ2) is 4.29. The molecule has 0 fully saturated rings. The van der Waals surface area contributed by atoms with Crippen molar-refractivity contribution in [2.45, 2.75) is 0 Å². The molecule has 0 bridgehead atoms. The Bertz CT molecular complexity index is 495. The van der Waals surface area contributed by atoms with E-state index in [4.69, 9.17) is 6.42 Å². The lowest BCUT2D eigenvalue weighted by Crippen LogP contribution is -2.38. The summed E-state index contributed by atoms with van der Waals surface area (Å²) in [5.41, 5.74) is 1.24. The number of halogens is 2. The second-order valence-electron chi connectivity index (χ2n) is 3.39. The number of hydrogen-bond donors (Lipinski definition) is 1. The fraction of sp³-hybridized carbons (Fsp3) is 0.182. The molecule has 1 amide bonds. The molecular formula is C11H8FIN2O. The summed E-state index contributed by atoms with van der Waals surface area (Å²) in [5.74, 6) is 2.01. The maximum absolute atomic E-state index is 13.4. The van der Waals surface area contributed by atoms with E-state index in [9.17, 15) is 9.18 Å². The topological polar surface area (TPSA) is 32.3 Å². The summed E-state index contributed by atoms with van der Waals surface area (Å²) in [6.07, 6.45) is 5.21. The highest BCUT2D eigenvalue weighted by molar-refractivity contribution is 14.1. The first-order valence-corrected chi connectivity index (χ1v) is 5.67. The van der Waals surface area contributed by atoms with Crippen molar-refractivity contribution < 1.29 is 9.18 Å². The van der Waals surface area contributed by atoms with Gasteiger partial charge in [0, 0.05) is 6.07 Å². The van der Waals surface area contributed by atoms with Crippen LogP contribution in [0.25, 0.3) is 0 Å². The van der Waals surface area contributed by atoms with Crippen LogP contribution in [-0.2, 0) is 4.79 Å². The van der Waals surface area contributed by atoms with E-state index in [1.165, 1.54) is 6.07 Å². The fourth-order valence-corrected chi connectivity index (χ4v) is 2.06. The van der Waals surface area contributed by atoms with Crippen molar-refractivity contribution in [1.82, 2.24) is 0 Å². The normalized spacial score (nSPS) is 14.1. The minimum atomic E-state index is -0.308. The highest BCUT2D eigenvalue weighted by atomic mass is 127. The maximum Gasteiger partial charge on any atom is 0.243 e. The molecule has 0 saturated heterocycles. The van der Waals surface area contributed by atoms with Crippen LogP contribution in [0.3, 0.4) is 0 Å². The van der Waals surface area contributed by atoms with Gasteiger partial charge in [-0.25, -0.2) is 4.39 Å². The zero-order valence-corrected chi connectivity index (χ0v) is 10.4. The number of terminal acetylenes is 1. The molecule has 3 nitrogen and oxygen atoms in total. The molecule has 1 N–H and O–H groups in total. The molecule has 0 atom stereocenters. The van der Waals surface area contributed by atoms with Gasteiger partial charge in [0.05, 0.1) is 28.0 Å². The van der Waals surface area contributed by atoms with Gasteiger partial charge in [-0.05, 0) is 28.7 Å². The van der Waals surface area contributed by atoms with Crippen molar-refractivity contribution in [2.75, 3.05) is 23.3 Å². The number of nitrogens with one attached hydrogen (secondary N) is 1. The summed E-state index contributed by atoms with van der Waals surface area (Å²) in [7, 11) is 0. The number of anilines is 2. The Labute approximate surface area is 106 Å². The summed E-state index contributed by atoms with van der Waals surface area (Å²) >= 11 is 1.88. The number of rotatable bonds is 1. The Balaban J connectivity index is 2.49. The van der Waals surface area contributed by atoms with Crippen LogP contribution in [0, 0.1) is 21.7 Å². The van der Waals surface area contributed by atoms with Crippen molar-refractivity contribution in [3.63, 3.8) is 0 Å². The van der Waals surface area contributed by atoms with Crippen LogP contribution in [0.5, 0.6) is 0 Å². The Kier molecular flexibility index (Phi) is 3.01. The van der Waals surface area contributed by atoms with Gasteiger partial charge in [-0.3, -0.25) is 4.79 Å². The van der Waals surface area contributed by atoms with E-state index in [1.54, 1.807) is 11.0 Å². The van der Waals surface area contributed by atoms with Crippen molar-refractivity contribution in [3.05, 3.63) is 21.5 Å². The molecule has 0 aliphatic carbocycles.